The van der Waals surface area contributed by atoms with Crippen molar-refractivity contribution in [2.75, 3.05) is 59.7 Å². The van der Waals surface area contributed by atoms with Crippen molar-refractivity contribution in [2.24, 2.45) is 5.41 Å². The molecule has 2 saturated heterocycles. The van der Waals surface area contributed by atoms with E-state index in [1.807, 2.05) is 9.58 Å². The molecule has 1 aromatic heterocycles. The summed E-state index contributed by atoms with van der Waals surface area (Å²) in [4.78, 5) is 28.5. The Hall–Kier alpha value is -2.20. The molecular weight excluding hydrogens is 376 g/mol. The first kappa shape index (κ1) is 20.1. The van der Waals surface area contributed by atoms with Gasteiger partial charge in [0.15, 0.2) is 5.69 Å². The van der Waals surface area contributed by atoms with E-state index in [1.54, 1.807) is 18.2 Å². The fourth-order valence-corrected chi connectivity index (χ4v) is 4.66. The predicted octanol–water partition coefficient (Wildman–Crippen LogP) is 0.524. The Morgan fingerprint density at radius 2 is 1.97 bits per heavy atom. The normalized spacial score (nSPS) is 23.7. The van der Waals surface area contributed by atoms with Crippen LogP contribution < -0.4 is 5.32 Å². The van der Waals surface area contributed by atoms with Gasteiger partial charge >= 0.3 is 6.03 Å². The average molecular weight is 406 g/mol. The zero-order chi connectivity index (χ0) is 20.3. The van der Waals surface area contributed by atoms with Crippen molar-refractivity contribution >= 4 is 11.9 Å². The van der Waals surface area contributed by atoms with Crippen molar-refractivity contribution in [1.29, 1.82) is 0 Å². The Morgan fingerprint density at radius 3 is 2.62 bits per heavy atom. The summed E-state index contributed by atoms with van der Waals surface area (Å²) in [7, 11) is 1.62. The molecule has 1 N–H and O–H groups in total. The summed E-state index contributed by atoms with van der Waals surface area (Å²) in [6.07, 6.45) is 5.86. The Morgan fingerprint density at radius 1 is 1.21 bits per heavy atom. The second kappa shape index (κ2) is 8.66. The van der Waals surface area contributed by atoms with Crippen LogP contribution in [0.25, 0.3) is 0 Å². The second-order valence-corrected chi connectivity index (χ2v) is 8.12. The molecule has 3 fully saturated rings. The third kappa shape index (κ3) is 4.09. The highest BCUT2D eigenvalue weighted by Gasteiger charge is 2.50. The van der Waals surface area contributed by atoms with Crippen LogP contribution in [0.3, 0.4) is 0 Å². The third-order valence-electron chi connectivity index (χ3n) is 6.60. The Kier molecular flexibility index (Phi) is 6.00. The van der Waals surface area contributed by atoms with E-state index in [9.17, 15) is 9.59 Å². The number of urea groups is 1. The lowest BCUT2D eigenvalue weighted by Crippen LogP contribution is -2.53. The van der Waals surface area contributed by atoms with Crippen molar-refractivity contribution in [3.63, 3.8) is 0 Å². The number of likely N-dealkylation sites (tertiary alicyclic amines) is 1. The van der Waals surface area contributed by atoms with E-state index >= 15 is 0 Å². The molecule has 29 heavy (non-hydrogen) atoms. The number of aromatic nitrogens is 3. The van der Waals surface area contributed by atoms with Crippen LogP contribution >= 0.6 is 0 Å². The molecule has 10 heteroatoms. The van der Waals surface area contributed by atoms with Crippen molar-refractivity contribution in [3.05, 3.63) is 11.9 Å². The van der Waals surface area contributed by atoms with Gasteiger partial charge in [0.2, 0.25) is 0 Å². The number of carbonyl (C=O) groups is 2. The Bertz CT molecular complexity index is 724. The van der Waals surface area contributed by atoms with Crippen LogP contribution in [0.2, 0.25) is 0 Å². The lowest BCUT2D eigenvalue weighted by atomic mass is 9.59. The Labute approximate surface area is 170 Å². The number of methoxy groups -OCH3 is 1. The monoisotopic (exact) mass is 406 g/mol. The molecule has 1 aromatic rings. The largest absolute Gasteiger partial charge is 0.383 e. The van der Waals surface area contributed by atoms with Crippen LogP contribution in [0.4, 0.5) is 4.79 Å². The first-order valence-corrected chi connectivity index (χ1v) is 10.4. The summed E-state index contributed by atoms with van der Waals surface area (Å²) >= 11 is 0. The summed E-state index contributed by atoms with van der Waals surface area (Å²) < 4.78 is 12.2. The average Bonchev–Trinajstić information content (AvgIpc) is 3.22. The molecule has 3 aliphatic rings. The maximum atomic E-state index is 12.6. The number of hydrogen-bond acceptors (Lipinski definition) is 6. The van der Waals surface area contributed by atoms with Crippen LogP contribution in [0.1, 0.15) is 42.2 Å². The smallest absolute Gasteiger partial charge is 0.317 e. The van der Waals surface area contributed by atoms with Crippen molar-refractivity contribution in [2.45, 2.75) is 31.7 Å². The topological polar surface area (TPSA) is 102 Å². The van der Waals surface area contributed by atoms with E-state index in [0.29, 0.717) is 45.1 Å². The molecule has 160 valence electrons. The molecule has 1 aliphatic carbocycles. The van der Waals surface area contributed by atoms with Gasteiger partial charge in [0, 0.05) is 39.8 Å². The lowest BCUT2D eigenvalue weighted by Gasteiger charge is -2.53. The zero-order valence-corrected chi connectivity index (χ0v) is 17.0. The number of rotatable bonds is 5. The predicted molar refractivity (Wildman–Crippen MR) is 104 cm³/mol. The minimum Gasteiger partial charge on any atom is -0.383 e. The highest BCUT2D eigenvalue weighted by molar-refractivity contribution is 5.92. The Balaban J connectivity index is 1.33. The van der Waals surface area contributed by atoms with E-state index < -0.39 is 0 Å². The molecule has 0 radical (unpaired) electrons. The molecule has 1 saturated carbocycles. The van der Waals surface area contributed by atoms with Crippen LogP contribution in [-0.2, 0) is 9.47 Å². The molecular formula is C19H30N6O4. The molecule has 3 heterocycles. The first-order valence-electron chi connectivity index (χ1n) is 10.4. The molecule has 0 aromatic carbocycles. The maximum absolute atomic E-state index is 12.6. The number of amides is 3. The summed E-state index contributed by atoms with van der Waals surface area (Å²) in [5, 5.41) is 11.3. The maximum Gasteiger partial charge on any atom is 0.317 e. The van der Waals surface area contributed by atoms with E-state index in [2.05, 4.69) is 15.6 Å². The van der Waals surface area contributed by atoms with E-state index in [4.69, 9.17) is 9.47 Å². The summed E-state index contributed by atoms with van der Waals surface area (Å²) in [6, 6.07) is 0.229. The van der Waals surface area contributed by atoms with Gasteiger partial charge in [-0.1, -0.05) is 5.21 Å². The summed E-state index contributed by atoms with van der Waals surface area (Å²) in [6.45, 7) is 4.86. The first-order chi connectivity index (χ1) is 14.1. The lowest BCUT2D eigenvalue weighted by molar-refractivity contribution is -0.0229. The molecule has 1 unspecified atom stereocenters. The number of carbonyl (C=O) groups excluding carboxylic acids is 2. The van der Waals surface area contributed by atoms with Crippen molar-refractivity contribution < 1.29 is 19.1 Å². The van der Waals surface area contributed by atoms with Crippen molar-refractivity contribution in [3.8, 4) is 0 Å². The fourth-order valence-electron chi connectivity index (χ4n) is 4.66. The molecule has 1 spiro atoms. The van der Waals surface area contributed by atoms with Gasteiger partial charge in [-0.05, 0) is 31.1 Å². The van der Waals surface area contributed by atoms with Crippen molar-refractivity contribution in [1.82, 2.24) is 30.1 Å². The number of ether oxygens (including phenoxy) is 2. The SMILES string of the molecule is COCCNC(=O)N1CCC2(CCC2n2cc(C(=O)N3CCOCC3)nn2)CC1. The number of nitrogens with zero attached hydrogens (tertiary/aromatic N) is 5. The van der Waals surface area contributed by atoms with E-state index in [0.717, 1.165) is 38.8 Å². The van der Waals surface area contributed by atoms with Crippen LogP contribution in [0.15, 0.2) is 6.20 Å². The number of piperidine rings is 1. The third-order valence-corrected chi connectivity index (χ3v) is 6.60. The molecule has 1 atom stereocenters. The zero-order valence-electron chi connectivity index (χ0n) is 17.0. The molecule has 10 nitrogen and oxygen atoms in total. The standard InChI is InChI=1S/C19H30N6O4/c1-28-11-6-20-18(27)24-7-4-19(5-8-24)3-2-16(19)25-14-15(21-22-25)17(26)23-9-12-29-13-10-23/h14,16H,2-13H2,1H3,(H,20,27). The molecule has 3 amide bonds. The van der Waals surface area contributed by atoms with Crippen LogP contribution in [0.5, 0.6) is 0 Å². The van der Waals surface area contributed by atoms with Gasteiger partial charge in [-0.25, -0.2) is 9.48 Å². The quantitative estimate of drug-likeness (QED) is 0.716. The van der Waals surface area contributed by atoms with Gasteiger partial charge in [-0.15, -0.1) is 5.10 Å². The number of hydrogen-bond donors (Lipinski definition) is 1. The second-order valence-electron chi connectivity index (χ2n) is 8.12. The van der Waals surface area contributed by atoms with Crippen LogP contribution in [-0.4, -0.2) is 96.4 Å². The van der Waals surface area contributed by atoms with Gasteiger partial charge in [0.1, 0.15) is 0 Å². The number of nitrogens with one attached hydrogen (secondary N) is 1. The van der Waals surface area contributed by atoms with Gasteiger partial charge in [0.05, 0.1) is 32.1 Å². The number of morpholine rings is 1. The highest BCUT2D eigenvalue weighted by Crippen LogP contribution is 2.56. The fraction of sp³-hybridized carbons (Fsp3) is 0.789. The van der Waals surface area contributed by atoms with E-state index in [-0.39, 0.29) is 23.4 Å². The summed E-state index contributed by atoms with van der Waals surface area (Å²) in [5.41, 5.74) is 0.555. The molecule has 0 bridgehead atoms. The molecule has 4 rings (SSSR count). The van der Waals surface area contributed by atoms with Gasteiger partial charge in [0.25, 0.3) is 5.91 Å². The minimum atomic E-state index is -0.0736. The minimum absolute atomic E-state index is 0.0214. The van der Waals surface area contributed by atoms with Gasteiger partial charge < -0.3 is 24.6 Å². The van der Waals surface area contributed by atoms with E-state index in [1.165, 1.54) is 0 Å². The van der Waals surface area contributed by atoms with Gasteiger partial charge in [-0.3, -0.25) is 4.79 Å². The molecule has 2 aliphatic heterocycles. The van der Waals surface area contributed by atoms with Gasteiger partial charge in [-0.2, -0.15) is 0 Å². The van der Waals surface area contributed by atoms with Crippen LogP contribution in [0, 0.1) is 5.41 Å². The highest BCUT2D eigenvalue weighted by atomic mass is 16.5. The summed E-state index contributed by atoms with van der Waals surface area (Å²) in [5.74, 6) is -0.0736.